The van der Waals surface area contributed by atoms with Crippen molar-refractivity contribution in [3.05, 3.63) is 0 Å². The van der Waals surface area contributed by atoms with Gasteiger partial charge in [-0.3, -0.25) is 0 Å². The maximum Gasteiger partial charge on any atom is 0.0800 e. The zero-order valence-electron chi connectivity index (χ0n) is 7.33. The van der Waals surface area contributed by atoms with E-state index in [4.69, 9.17) is 5.73 Å². The predicted molar refractivity (Wildman–Crippen MR) is 51.3 cm³/mol. The second kappa shape index (κ2) is 3.52. The lowest BCUT2D eigenvalue weighted by Gasteiger charge is -2.48. The van der Waals surface area contributed by atoms with E-state index in [-0.39, 0.29) is 12.4 Å². The van der Waals surface area contributed by atoms with Crippen molar-refractivity contribution in [2.75, 3.05) is 6.54 Å². The predicted octanol–water partition coefficient (Wildman–Crippen LogP) is 1.31. The molecule has 0 aromatic rings. The topological polar surface area (TPSA) is 46.2 Å². The fourth-order valence-electron chi connectivity index (χ4n) is 2.82. The van der Waals surface area contributed by atoms with E-state index in [0.29, 0.717) is 12.5 Å². The van der Waals surface area contributed by atoms with Crippen molar-refractivity contribution < 1.29 is 5.11 Å². The summed E-state index contributed by atoms with van der Waals surface area (Å²) in [6.45, 7) is 0.466. The Bertz CT molecular complexity index is 157. The lowest BCUT2D eigenvalue weighted by Crippen LogP contribution is -2.52. The Labute approximate surface area is 79.9 Å². The van der Waals surface area contributed by atoms with Crippen LogP contribution in [-0.2, 0) is 0 Å². The van der Waals surface area contributed by atoms with Gasteiger partial charge in [-0.15, -0.1) is 12.4 Å². The van der Waals surface area contributed by atoms with Crippen LogP contribution in [0.1, 0.15) is 32.1 Å². The molecule has 3 fully saturated rings. The Morgan fingerprint density at radius 2 is 1.83 bits per heavy atom. The lowest BCUT2D eigenvalue weighted by atomic mass is 9.62. The highest BCUT2D eigenvalue weighted by Crippen LogP contribution is 2.46. The standard InChI is InChI=1S/C9H17NO.ClH/c10-6-9(11)5-7-1-3-8(9)4-2-7;/h7-8,11H,1-6,10H2;1H. The number of halogens is 1. The van der Waals surface area contributed by atoms with E-state index >= 15 is 0 Å². The first-order valence-electron chi connectivity index (χ1n) is 4.67. The average molecular weight is 192 g/mol. The van der Waals surface area contributed by atoms with Crippen molar-refractivity contribution in [1.29, 1.82) is 0 Å². The minimum absolute atomic E-state index is 0. The SMILES string of the molecule is Cl.NCC1(O)CC2CCC1CC2. The molecule has 3 saturated carbocycles. The van der Waals surface area contributed by atoms with E-state index < -0.39 is 5.60 Å². The molecule has 3 rings (SSSR count). The molecule has 3 N–H and O–H groups in total. The van der Waals surface area contributed by atoms with E-state index in [0.717, 1.165) is 12.3 Å². The van der Waals surface area contributed by atoms with Gasteiger partial charge in [-0.2, -0.15) is 0 Å². The Morgan fingerprint density at radius 3 is 2.08 bits per heavy atom. The third-order valence-corrected chi connectivity index (χ3v) is 3.60. The maximum atomic E-state index is 10.0. The summed E-state index contributed by atoms with van der Waals surface area (Å²) >= 11 is 0. The Kier molecular flexibility index (Phi) is 3.02. The minimum atomic E-state index is -0.485. The average Bonchev–Trinajstić information content (AvgIpc) is 2.06. The second-order valence-corrected chi connectivity index (χ2v) is 4.23. The molecule has 2 bridgehead atoms. The van der Waals surface area contributed by atoms with Gasteiger partial charge in [0, 0.05) is 6.54 Å². The first kappa shape index (κ1) is 10.3. The molecule has 1 atom stereocenters. The van der Waals surface area contributed by atoms with Crippen LogP contribution in [0.3, 0.4) is 0 Å². The van der Waals surface area contributed by atoms with Gasteiger partial charge in [-0.1, -0.05) is 0 Å². The number of hydrogen-bond acceptors (Lipinski definition) is 2. The fourth-order valence-corrected chi connectivity index (χ4v) is 2.82. The van der Waals surface area contributed by atoms with Gasteiger partial charge >= 0.3 is 0 Å². The molecule has 0 saturated heterocycles. The highest BCUT2D eigenvalue weighted by Gasteiger charge is 2.44. The molecular formula is C9H18ClNO. The van der Waals surface area contributed by atoms with Crippen LogP contribution in [0.25, 0.3) is 0 Å². The van der Waals surface area contributed by atoms with Gasteiger partial charge in [0.25, 0.3) is 0 Å². The van der Waals surface area contributed by atoms with Crippen molar-refractivity contribution in [2.45, 2.75) is 37.7 Å². The number of hydrogen-bond donors (Lipinski definition) is 2. The molecule has 0 aromatic carbocycles. The Morgan fingerprint density at radius 1 is 1.25 bits per heavy atom. The highest BCUT2D eigenvalue weighted by atomic mass is 35.5. The Balaban J connectivity index is 0.000000720. The number of rotatable bonds is 1. The van der Waals surface area contributed by atoms with Crippen LogP contribution in [0.5, 0.6) is 0 Å². The van der Waals surface area contributed by atoms with Crippen molar-refractivity contribution in [1.82, 2.24) is 0 Å². The van der Waals surface area contributed by atoms with Crippen LogP contribution >= 0.6 is 12.4 Å². The number of fused-ring (bicyclic) bond motifs is 3. The summed E-state index contributed by atoms with van der Waals surface area (Å²) in [6, 6.07) is 0. The summed E-state index contributed by atoms with van der Waals surface area (Å²) in [7, 11) is 0. The fraction of sp³-hybridized carbons (Fsp3) is 1.00. The lowest BCUT2D eigenvalue weighted by molar-refractivity contribution is -0.0896. The molecule has 3 aliphatic carbocycles. The molecule has 2 nitrogen and oxygen atoms in total. The van der Waals surface area contributed by atoms with Crippen LogP contribution in [0.2, 0.25) is 0 Å². The van der Waals surface area contributed by atoms with Gasteiger partial charge in [-0.25, -0.2) is 0 Å². The zero-order chi connectivity index (χ0) is 7.90. The second-order valence-electron chi connectivity index (χ2n) is 4.23. The zero-order valence-corrected chi connectivity index (χ0v) is 8.15. The van der Waals surface area contributed by atoms with E-state index in [1.54, 1.807) is 0 Å². The van der Waals surface area contributed by atoms with E-state index in [2.05, 4.69) is 0 Å². The van der Waals surface area contributed by atoms with Crippen LogP contribution in [0.4, 0.5) is 0 Å². The molecule has 0 aromatic heterocycles. The van der Waals surface area contributed by atoms with E-state index in [1.165, 1.54) is 25.7 Å². The molecule has 3 aliphatic rings. The van der Waals surface area contributed by atoms with Gasteiger partial charge in [-0.05, 0) is 43.9 Å². The summed E-state index contributed by atoms with van der Waals surface area (Å²) in [5.74, 6) is 1.28. The van der Waals surface area contributed by atoms with Gasteiger partial charge in [0.1, 0.15) is 0 Å². The van der Waals surface area contributed by atoms with E-state index in [9.17, 15) is 5.11 Å². The monoisotopic (exact) mass is 191 g/mol. The molecule has 3 heteroatoms. The molecule has 0 heterocycles. The van der Waals surface area contributed by atoms with Crippen LogP contribution < -0.4 is 5.73 Å². The number of aliphatic hydroxyl groups is 1. The van der Waals surface area contributed by atoms with Gasteiger partial charge in [0.15, 0.2) is 0 Å². The number of nitrogens with two attached hydrogens (primary N) is 1. The molecule has 0 spiro atoms. The highest BCUT2D eigenvalue weighted by molar-refractivity contribution is 5.85. The minimum Gasteiger partial charge on any atom is -0.388 e. The van der Waals surface area contributed by atoms with Crippen LogP contribution in [-0.4, -0.2) is 17.3 Å². The molecule has 72 valence electrons. The summed E-state index contributed by atoms with van der Waals surface area (Å²) < 4.78 is 0. The smallest absolute Gasteiger partial charge is 0.0800 e. The van der Waals surface area contributed by atoms with E-state index in [1.807, 2.05) is 0 Å². The summed E-state index contributed by atoms with van der Waals surface area (Å²) in [6.07, 6.45) is 6.03. The first-order chi connectivity index (χ1) is 5.24. The maximum absolute atomic E-state index is 10.0. The molecule has 12 heavy (non-hydrogen) atoms. The quantitative estimate of drug-likeness (QED) is 0.657. The van der Waals surface area contributed by atoms with Gasteiger partial charge in [0.2, 0.25) is 0 Å². The van der Waals surface area contributed by atoms with Crippen LogP contribution in [0.15, 0.2) is 0 Å². The van der Waals surface area contributed by atoms with Crippen molar-refractivity contribution in [2.24, 2.45) is 17.6 Å². The van der Waals surface area contributed by atoms with Crippen molar-refractivity contribution >= 4 is 12.4 Å². The van der Waals surface area contributed by atoms with Crippen molar-refractivity contribution in [3.8, 4) is 0 Å². The summed E-state index contributed by atoms with van der Waals surface area (Å²) in [4.78, 5) is 0. The Hall–Kier alpha value is 0.210. The third-order valence-electron chi connectivity index (χ3n) is 3.60. The summed E-state index contributed by atoms with van der Waals surface area (Å²) in [5, 5.41) is 10.0. The largest absolute Gasteiger partial charge is 0.388 e. The molecule has 0 aliphatic heterocycles. The van der Waals surface area contributed by atoms with Crippen molar-refractivity contribution in [3.63, 3.8) is 0 Å². The van der Waals surface area contributed by atoms with Crippen LogP contribution in [0, 0.1) is 11.8 Å². The van der Waals surface area contributed by atoms with Gasteiger partial charge < -0.3 is 10.8 Å². The third kappa shape index (κ3) is 1.48. The molecule has 1 unspecified atom stereocenters. The summed E-state index contributed by atoms with van der Waals surface area (Å²) in [5.41, 5.74) is 5.09. The first-order valence-corrected chi connectivity index (χ1v) is 4.67. The molecule has 0 amide bonds. The molecule has 0 radical (unpaired) electrons. The van der Waals surface area contributed by atoms with Gasteiger partial charge in [0.05, 0.1) is 5.60 Å². The molecular weight excluding hydrogens is 174 g/mol. The normalized spacial score (nSPS) is 45.5.